The molecule has 2 saturated heterocycles. The van der Waals surface area contributed by atoms with Crippen molar-refractivity contribution in [1.82, 2.24) is 10.2 Å². The van der Waals surface area contributed by atoms with E-state index in [1.807, 2.05) is 23.9 Å². The molecular weight excluding hydrogens is 468 g/mol. The average molecular weight is 505 g/mol. The topological polar surface area (TPSA) is 75.7 Å². The number of carbonyl (C=O) groups excluding carboxylic acids is 1. The van der Waals surface area contributed by atoms with Gasteiger partial charge in [-0.2, -0.15) is 0 Å². The van der Waals surface area contributed by atoms with Crippen molar-refractivity contribution in [3.63, 3.8) is 0 Å². The molecule has 1 unspecified atom stereocenters. The lowest BCUT2D eigenvalue weighted by Crippen LogP contribution is -2.59. The Bertz CT molecular complexity index is 1000. The number of sulfone groups is 1. The van der Waals surface area contributed by atoms with Crippen molar-refractivity contribution in [2.75, 3.05) is 25.2 Å². The van der Waals surface area contributed by atoms with E-state index in [4.69, 9.17) is 4.74 Å². The fourth-order valence-electron chi connectivity index (χ4n) is 7.98. The predicted octanol–water partition coefficient (Wildman–Crippen LogP) is 3.36. The predicted molar refractivity (Wildman–Crippen MR) is 134 cm³/mol. The Labute approximate surface area is 207 Å². The fraction of sp³-hybridized carbons (Fsp3) is 0.731. The van der Waals surface area contributed by atoms with Gasteiger partial charge in [0.1, 0.15) is 5.75 Å². The summed E-state index contributed by atoms with van der Waals surface area (Å²) in [4.78, 5) is 17.3. The van der Waals surface area contributed by atoms with E-state index in [2.05, 4.69) is 22.3 Å². The average Bonchev–Trinajstić information content (AvgIpc) is 3.36. The molecule has 6 aliphatic rings. The van der Waals surface area contributed by atoms with Crippen LogP contribution < -0.4 is 10.1 Å². The molecule has 7 rings (SSSR count). The Hall–Kier alpha value is -1.25. The molecule has 4 saturated carbocycles. The molecule has 2 aliphatic heterocycles. The van der Waals surface area contributed by atoms with Gasteiger partial charge in [0, 0.05) is 28.8 Å². The lowest BCUT2D eigenvalue weighted by molar-refractivity contribution is -0.131. The van der Waals surface area contributed by atoms with Gasteiger partial charge in [-0.1, -0.05) is 0 Å². The van der Waals surface area contributed by atoms with Crippen LogP contribution >= 0.6 is 11.8 Å². The van der Waals surface area contributed by atoms with Crippen LogP contribution in [0.15, 0.2) is 29.2 Å². The van der Waals surface area contributed by atoms with Gasteiger partial charge < -0.3 is 10.1 Å². The van der Waals surface area contributed by atoms with Crippen LogP contribution in [0.1, 0.15) is 44.9 Å². The summed E-state index contributed by atoms with van der Waals surface area (Å²) in [5.74, 6) is 4.45. The number of nitrogens with one attached hydrogen (secondary N) is 1. The molecule has 3 atom stereocenters. The van der Waals surface area contributed by atoms with E-state index in [1.165, 1.54) is 37.0 Å². The van der Waals surface area contributed by atoms with Gasteiger partial charge in [-0.25, -0.2) is 8.42 Å². The van der Waals surface area contributed by atoms with Crippen LogP contribution in [0.25, 0.3) is 0 Å². The Kier molecular flexibility index (Phi) is 6.13. The van der Waals surface area contributed by atoms with Crippen LogP contribution in [0, 0.1) is 23.7 Å². The maximum atomic E-state index is 13.6. The molecule has 34 heavy (non-hydrogen) atoms. The third kappa shape index (κ3) is 4.50. The molecule has 1 amide bonds. The first-order chi connectivity index (χ1) is 16.4. The molecule has 1 aromatic rings. The number of carbonyl (C=O) groups is 1. The standard InChI is InChI=1S/C26H36N2O4S2/c1-32-21-2-4-22(5-3-21)33-23-13-24(26(29)27-20-6-7-34(30,31)15-20)28(14-23)25-18-9-16-8-17(11-18)12-19(25)10-16/h2-5,16-20,23-25H,6-15H2,1H3,(H,27,29)/t16?,17?,18?,19?,20?,23-,24+,25?/m1/s1. The molecule has 0 aromatic heterocycles. The number of nitrogens with zero attached hydrogens (tertiary/aromatic N) is 1. The highest BCUT2D eigenvalue weighted by atomic mass is 32.2. The van der Waals surface area contributed by atoms with Gasteiger partial charge in [0.2, 0.25) is 5.91 Å². The number of methoxy groups -OCH3 is 1. The number of ether oxygens (including phenoxy) is 1. The highest BCUT2D eigenvalue weighted by Gasteiger charge is 2.53. The number of likely N-dealkylation sites (tertiary alicyclic amines) is 1. The summed E-state index contributed by atoms with van der Waals surface area (Å²) in [6.07, 6.45) is 8.13. The van der Waals surface area contributed by atoms with E-state index in [9.17, 15) is 13.2 Å². The maximum Gasteiger partial charge on any atom is 0.237 e. The molecule has 4 aliphatic carbocycles. The molecule has 6 fully saturated rings. The zero-order valence-corrected chi connectivity index (χ0v) is 21.5. The van der Waals surface area contributed by atoms with E-state index in [0.717, 1.165) is 42.4 Å². The zero-order chi connectivity index (χ0) is 23.4. The van der Waals surface area contributed by atoms with Crippen LogP contribution in [0.3, 0.4) is 0 Å². The molecule has 2 heterocycles. The number of hydrogen-bond donors (Lipinski definition) is 1. The SMILES string of the molecule is COc1ccc(S[C@@H]2C[C@@H](C(=O)NC3CCS(=O)(=O)C3)N(C3C4CC5CC(C4)CC3C5)C2)cc1. The van der Waals surface area contributed by atoms with E-state index < -0.39 is 9.84 Å². The molecule has 0 radical (unpaired) electrons. The Morgan fingerprint density at radius 3 is 2.29 bits per heavy atom. The van der Waals surface area contributed by atoms with Gasteiger partial charge in [0.15, 0.2) is 9.84 Å². The molecule has 8 heteroatoms. The van der Waals surface area contributed by atoms with Crippen molar-refractivity contribution in [3.8, 4) is 5.75 Å². The molecule has 186 valence electrons. The lowest BCUT2D eigenvalue weighted by Gasteiger charge is -2.57. The molecule has 6 nitrogen and oxygen atoms in total. The number of benzene rings is 1. The summed E-state index contributed by atoms with van der Waals surface area (Å²) in [5, 5.41) is 3.50. The van der Waals surface area contributed by atoms with Gasteiger partial charge in [-0.3, -0.25) is 9.69 Å². The third-order valence-corrected chi connectivity index (χ3v) is 12.1. The zero-order valence-electron chi connectivity index (χ0n) is 19.9. The van der Waals surface area contributed by atoms with Crippen molar-refractivity contribution in [2.24, 2.45) is 23.7 Å². The van der Waals surface area contributed by atoms with Crippen molar-refractivity contribution in [1.29, 1.82) is 0 Å². The van der Waals surface area contributed by atoms with Crippen molar-refractivity contribution in [3.05, 3.63) is 24.3 Å². The van der Waals surface area contributed by atoms with Gasteiger partial charge in [-0.05, 0) is 92.9 Å². The minimum absolute atomic E-state index is 0.0498. The summed E-state index contributed by atoms with van der Waals surface area (Å²) < 4.78 is 29.2. The smallest absolute Gasteiger partial charge is 0.237 e. The second-order valence-electron chi connectivity index (χ2n) is 11.4. The van der Waals surface area contributed by atoms with Crippen LogP contribution in [-0.2, 0) is 14.6 Å². The largest absolute Gasteiger partial charge is 0.497 e. The lowest BCUT2D eigenvalue weighted by atomic mass is 9.54. The minimum Gasteiger partial charge on any atom is -0.497 e. The third-order valence-electron chi connectivity index (χ3n) is 9.10. The number of thioether (sulfide) groups is 1. The normalized spacial score (nSPS) is 40.5. The monoisotopic (exact) mass is 504 g/mol. The van der Waals surface area contributed by atoms with Crippen molar-refractivity contribution < 1.29 is 17.9 Å². The van der Waals surface area contributed by atoms with Gasteiger partial charge >= 0.3 is 0 Å². The summed E-state index contributed by atoms with van der Waals surface area (Å²) in [5.41, 5.74) is 0. The van der Waals surface area contributed by atoms with Crippen LogP contribution in [-0.4, -0.2) is 67.8 Å². The van der Waals surface area contributed by atoms with Gasteiger partial charge in [0.25, 0.3) is 0 Å². The van der Waals surface area contributed by atoms with Crippen LogP contribution in [0.4, 0.5) is 0 Å². The van der Waals surface area contributed by atoms with Crippen molar-refractivity contribution in [2.45, 2.75) is 73.2 Å². The quantitative estimate of drug-likeness (QED) is 0.640. The number of amides is 1. The van der Waals surface area contributed by atoms with E-state index >= 15 is 0 Å². The summed E-state index contributed by atoms with van der Waals surface area (Å²) in [7, 11) is -1.33. The Morgan fingerprint density at radius 1 is 1.03 bits per heavy atom. The van der Waals surface area contributed by atoms with Crippen LogP contribution in [0.2, 0.25) is 0 Å². The first kappa shape index (κ1) is 23.2. The molecule has 0 spiro atoms. The summed E-state index contributed by atoms with van der Waals surface area (Å²) in [6.45, 7) is 0.935. The van der Waals surface area contributed by atoms with E-state index in [1.54, 1.807) is 7.11 Å². The second kappa shape index (κ2) is 9.00. The molecule has 1 N–H and O–H groups in total. The van der Waals surface area contributed by atoms with E-state index in [-0.39, 0.29) is 29.5 Å². The second-order valence-corrected chi connectivity index (χ2v) is 15.0. The number of hydrogen-bond acceptors (Lipinski definition) is 6. The minimum atomic E-state index is -3.01. The maximum absolute atomic E-state index is 13.6. The van der Waals surface area contributed by atoms with Crippen LogP contribution in [0.5, 0.6) is 5.75 Å². The molecule has 1 aromatic carbocycles. The first-order valence-corrected chi connectivity index (χ1v) is 15.6. The molecular formula is C26H36N2O4S2. The summed E-state index contributed by atoms with van der Waals surface area (Å²) in [6, 6.07) is 8.33. The number of rotatable bonds is 6. The van der Waals surface area contributed by atoms with Gasteiger partial charge in [-0.15, -0.1) is 11.8 Å². The Morgan fingerprint density at radius 2 is 1.71 bits per heavy atom. The fourth-order valence-corrected chi connectivity index (χ4v) is 10.9. The highest BCUT2D eigenvalue weighted by Crippen LogP contribution is 2.56. The first-order valence-electron chi connectivity index (χ1n) is 12.9. The highest BCUT2D eigenvalue weighted by molar-refractivity contribution is 8.00. The molecule has 4 bridgehead atoms. The van der Waals surface area contributed by atoms with Gasteiger partial charge in [0.05, 0.1) is 24.7 Å². The summed E-state index contributed by atoms with van der Waals surface area (Å²) >= 11 is 1.87. The van der Waals surface area contributed by atoms with E-state index in [0.29, 0.717) is 17.7 Å². The Balaban J connectivity index is 1.20. The van der Waals surface area contributed by atoms with Crippen molar-refractivity contribution >= 4 is 27.5 Å².